The second-order valence-corrected chi connectivity index (χ2v) is 4.19. The quantitative estimate of drug-likeness (QED) is 0.807. The van der Waals surface area contributed by atoms with Gasteiger partial charge in [0.1, 0.15) is 0 Å². The summed E-state index contributed by atoms with van der Waals surface area (Å²) in [6.45, 7) is 3.43. The van der Waals surface area contributed by atoms with E-state index in [0.717, 1.165) is 37.4 Å². The summed E-state index contributed by atoms with van der Waals surface area (Å²) in [5.74, 6) is 1.93. The first-order valence-corrected chi connectivity index (χ1v) is 6.00. The molecule has 94 valence electrons. The van der Waals surface area contributed by atoms with Gasteiger partial charge in [-0.3, -0.25) is 4.84 Å². The zero-order valence-electron chi connectivity index (χ0n) is 10.2. The molecule has 2 aromatic heterocycles. The molecular formula is C12H14N4O2. The third-order valence-electron chi connectivity index (χ3n) is 2.78. The number of hydroxylamine groups is 1. The van der Waals surface area contributed by atoms with Crippen molar-refractivity contribution in [3.05, 3.63) is 24.2 Å². The zero-order chi connectivity index (χ0) is 12.4. The second kappa shape index (κ2) is 4.73. The summed E-state index contributed by atoms with van der Waals surface area (Å²) in [5, 5.41) is 5.58. The van der Waals surface area contributed by atoms with Crippen LogP contribution in [0.2, 0.25) is 0 Å². The summed E-state index contributed by atoms with van der Waals surface area (Å²) in [6.07, 6.45) is 3.96. The smallest absolute Gasteiger partial charge is 0.259 e. The Hall–Kier alpha value is -1.95. The Labute approximate surface area is 105 Å². The number of aryl methyl sites for hydroxylation is 1. The van der Waals surface area contributed by atoms with Gasteiger partial charge in [-0.05, 0) is 31.9 Å². The van der Waals surface area contributed by atoms with Crippen molar-refractivity contribution < 1.29 is 9.36 Å². The molecule has 0 bridgehead atoms. The highest BCUT2D eigenvalue weighted by Gasteiger charge is 2.14. The molecule has 0 atom stereocenters. The normalized spacial score (nSPS) is 15.9. The van der Waals surface area contributed by atoms with Crippen molar-refractivity contribution in [2.75, 3.05) is 18.2 Å². The lowest BCUT2D eigenvalue weighted by Gasteiger charge is -2.26. The average molecular weight is 246 g/mol. The average Bonchev–Trinajstić information content (AvgIpc) is 2.87. The maximum absolute atomic E-state index is 5.53. The Bertz CT molecular complexity index is 517. The van der Waals surface area contributed by atoms with E-state index in [1.165, 1.54) is 0 Å². The van der Waals surface area contributed by atoms with E-state index in [-0.39, 0.29) is 0 Å². The summed E-state index contributed by atoms with van der Waals surface area (Å²) in [4.78, 5) is 14.1. The molecule has 0 spiro atoms. The van der Waals surface area contributed by atoms with Crippen molar-refractivity contribution >= 4 is 5.82 Å². The van der Waals surface area contributed by atoms with Crippen LogP contribution in [0.4, 0.5) is 5.82 Å². The predicted molar refractivity (Wildman–Crippen MR) is 64.8 cm³/mol. The zero-order valence-corrected chi connectivity index (χ0v) is 10.2. The van der Waals surface area contributed by atoms with Gasteiger partial charge in [0.05, 0.1) is 12.2 Å². The fourth-order valence-corrected chi connectivity index (χ4v) is 1.85. The number of hydrogen-bond acceptors (Lipinski definition) is 6. The minimum Gasteiger partial charge on any atom is -0.334 e. The molecule has 18 heavy (non-hydrogen) atoms. The molecule has 1 aliphatic heterocycles. The van der Waals surface area contributed by atoms with Crippen molar-refractivity contribution in [1.29, 1.82) is 0 Å². The van der Waals surface area contributed by atoms with Gasteiger partial charge in [-0.2, -0.15) is 4.98 Å². The van der Waals surface area contributed by atoms with E-state index in [1.807, 2.05) is 17.2 Å². The summed E-state index contributed by atoms with van der Waals surface area (Å²) in [7, 11) is 0. The number of hydrogen-bond donors (Lipinski definition) is 0. The van der Waals surface area contributed by atoms with Crippen molar-refractivity contribution in [2.24, 2.45) is 0 Å². The van der Waals surface area contributed by atoms with Crippen LogP contribution < -0.4 is 5.06 Å². The Morgan fingerprint density at radius 3 is 2.83 bits per heavy atom. The van der Waals surface area contributed by atoms with E-state index in [1.54, 1.807) is 13.1 Å². The van der Waals surface area contributed by atoms with Gasteiger partial charge in [0.25, 0.3) is 5.89 Å². The van der Waals surface area contributed by atoms with Crippen molar-refractivity contribution in [2.45, 2.75) is 19.8 Å². The van der Waals surface area contributed by atoms with E-state index in [9.17, 15) is 0 Å². The first-order valence-electron chi connectivity index (χ1n) is 6.00. The van der Waals surface area contributed by atoms with Crippen molar-refractivity contribution in [3.63, 3.8) is 0 Å². The molecule has 0 aliphatic carbocycles. The highest BCUT2D eigenvalue weighted by molar-refractivity contribution is 5.54. The van der Waals surface area contributed by atoms with Gasteiger partial charge in [0.2, 0.25) is 0 Å². The van der Waals surface area contributed by atoms with E-state index in [4.69, 9.17) is 9.36 Å². The molecule has 1 aliphatic rings. The van der Waals surface area contributed by atoms with Crippen LogP contribution >= 0.6 is 0 Å². The lowest BCUT2D eigenvalue weighted by molar-refractivity contribution is 0.0761. The molecule has 2 aromatic rings. The lowest BCUT2D eigenvalue weighted by Crippen LogP contribution is -2.30. The third-order valence-corrected chi connectivity index (χ3v) is 2.78. The maximum atomic E-state index is 5.53. The summed E-state index contributed by atoms with van der Waals surface area (Å²) in [6, 6.07) is 3.81. The molecule has 0 unspecified atom stereocenters. The summed E-state index contributed by atoms with van der Waals surface area (Å²) < 4.78 is 5.09. The van der Waals surface area contributed by atoms with Crippen molar-refractivity contribution in [3.8, 4) is 11.5 Å². The second-order valence-electron chi connectivity index (χ2n) is 4.19. The Kier molecular flexibility index (Phi) is 2.93. The molecule has 1 saturated heterocycles. The molecule has 0 amide bonds. The largest absolute Gasteiger partial charge is 0.334 e. The number of anilines is 1. The molecule has 0 radical (unpaired) electrons. The fraction of sp³-hybridized carbons (Fsp3) is 0.417. The van der Waals surface area contributed by atoms with Crippen LogP contribution in [0.3, 0.4) is 0 Å². The van der Waals surface area contributed by atoms with Gasteiger partial charge in [-0.25, -0.2) is 10.0 Å². The van der Waals surface area contributed by atoms with E-state index in [2.05, 4.69) is 15.1 Å². The van der Waals surface area contributed by atoms with Crippen molar-refractivity contribution in [1.82, 2.24) is 15.1 Å². The van der Waals surface area contributed by atoms with Gasteiger partial charge >= 0.3 is 0 Å². The van der Waals surface area contributed by atoms with Gasteiger partial charge in [0, 0.05) is 12.7 Å². The SMILES string of the molecule is Cc1noc(-c2ccc(N3CCCCO3)nc2)n1. The summed E-state index contributed by atoms with van der Waals surface area (Å²) in [5.41, 5.74) is 0.816. The number of aromatic nitrogens is 3. The van der Waals surface area contributed by atoms with Crippen LogP contribution in [0.1, 0.15) is 18.7 Å². The van der Waals surface area contributed by atoms with Gasteiger partial charge < -0.3 is 4.52 Å². The van der Waals surface area contributed by atoms with Crippen LogP contribution in [-0.4, -0.2) is 28.3 Å². The van der Waals surface area contributed by atoms with E-state index in [0.29, 0.717) is 11.7 Å². The number of nitrogens with zero attached hydrogens (tertiary/aromatic N) is 4. The molecule has 3 rings (SSSR count). The first kappa shape index (κ1) is 11.2. The van der Waals surface area contributed by atoms with Gasteiger partial charge in [-0.15, -0.1) is 0 Å². The predicted octanol–water partition coefficient (Wildman–Crippen LogP) is 1.97. The molecule has 6 nitrogen and oxygen atoms in total. The van der Waals surface area contributed by atoms with E-state index < -0.39 is 0 Å². The van der Waals surface area contributed by atoms with Crippen LogP contribution in [0.5, 0.6) is 0 Å². The lowest BCUT2D eigenvalue weighted by atomic mass is 10.2. The minimum absolute atomic E-state index is 0.492. The molecule has 3 heterocycles. The minimum atomic E-state index is 0.492. The Balaban J connectivity index is 1.80. The van der Waals surface area contributed by atoms with Gasteiger partial charge in [-0.1, -0.05) is 5.16 Å². The first-order chi connectivity index (χ1) is 8.83. The highest BCUT2D eigenvalue weighted by atomic mass is 16.7. The van der Waals surface area contributed by atoms with Crippen LogP contribution in [0.15, 0.2) is 22.9 Å². The molecule has 0 aromatic carbocycles. The molecule has 1 fully saturated rings. The maximum Gasteiger partial charge on any atom is 0.259 e. The number of pyridine rings is 1. The third kappa shape index (κ3) is 2.19. The Morgan fingerprint density at radius 2 is 2.22 bits per heavy atom. The molecule has 6 heteroatoms. The van der Waals surface area contributed by atoms with Crippen LogP contribution in [-0.2, 0) is 4.84 Å². The van der Waals surface area contributed by atoms with Crippen LogP contribution in [0, 0.1) is 6.92 Å². The molecule has 0 N–H and O–H groups in total. The monoisotopic (exact) mass is 246 g/mol. The number of rotatable bonds is 2. The fourth-order valence-electron chi connectivity index (χ4n) is 1.85. The van der Waals surface area contributed by atoms with Gasteiger partial charge in [0.15, 0.2) is 11.6 Å². The summed E-state index contributed by atoms with van der Waals surface area (Å²) >= 11 is 0. The Morgan fingerprint density at radius 1 is 1.28 bits per heavy atom. The topological polar surface area (TPSA) is 64.3 Å². The van der Waals surface area contributed by atoms with E-state index >= 15 is 0 Å². The standard InChI is InChI=1S/C12H14N4O2/c1-9-14-12(18-15-9)10-4-5-11(13-8-10)16-6-2-3-7-17-16/h4-5,8H,2-3,6-7H2,1H3. The molecule has 0 saturated carbocycles. The van der Waals surface area contributed by atoms with Crippen LogP contribution in [0.25, 0.3) is 11.5 Å². The molecular weight excluding hydrogens is 232 g/mol. The highest BCUT2D eigenvalue weighted by Crippen LogP contribution is 2.21.